The maximum Gasteiger partial charge on any atom is 0.342 e. The van der Waals surface area contributed by atoms with Crippen LogP contribution < -0.4 is 5.32 Å². The molecule has 0 fully saturated rings. The quantitative estimate of drug-likeness (QED) is 0.850. The van der Waals surface area contributed by atoms with Crippen molar-refractivity contribution in [2.75, 3.05) is 5.32 Å². The second-order valence-corrected chi connectivity index (χ2v) is 5.06. The zero-order chi connectivity index (χ0) is 17.0. The van der Waals surface area contributed by atoms with Crippen LogP contribution in [-0.4, -0.2) is 23.1 Å². The molecule has 0 aromatic heterocycles. The Hall–Kier alpha value is -2.89. The van der Waals surface area contributed by atoms with Gasteiger partial charge < -0.3 is 15.2 Å². The van der Waals surface area contributed by atoms with Crippen LogP contribution in [0.4, 0.5) is 10.1 Å². The molecule has 5 nitrogen and oxygen atoms in total. The van der Waals surface area contributed by atoms with Crippen molar-refractivity contribution in [3.63, 3.8) is 0 Å². The van der Waals surface area contributed by atoms with Gasteiger partial charge in [-0.25, -0.2) is 9.18 Å². The summed E-state index contributed by atoms with van der Waals surface area (Å²) >= 11 is 0. The minimum Gasteiger partial charge on any atom is -0.507 e. The zero-order valence-electron chi connectivity index (χ0n) is 12.7. The number of phenols is 1. The average molecular weight is 317 g/mol. The Morgan fingerprint density at radius 1 is 1.17 bits per heavy atom. The van der Waals surface area contributed by atoms with Crippen molar-refractivity contribution in [3.8, 4) is 5.75 Å². The fraction of sp³-hybridized carbons (Fsp3) is 0.176. The molecule has 1 atom stereocenters. The average Bonchev–Trinajstić information content (AvgIpc) is 2.49. The summed E-state index contributed by atoms with van der Waals surface area (Å²) in [7, 11) is 0. The van der Waals surface area contributed by atoms with Crippen LogP contribution in [0.25, 0.3) is 0 Å². The van der Waals surface area contributed by atoms with E-state index >= 15 is 0 Å². The Kier molecular flexibility index (Phi) is 4.95. The topological polar surface area (TPSA) is 75.6 Å². The summed E-state index contributed by atoms with van der Waals surface area (Å²) in [5.41, 5.74) is 1.16. The monoisotopic (exact) mass is 317 g/mol. The smallest absolute Gasteiger partial charge is 0.342 e. The van der Waals surface area contributed by atoms with E-state index in [0.29, 0.717) is 5.69 Å². The van der Waals surface area contributed by atoms with E-state index in [0.717, 1.165) is 5.56 Å². The predicted molar refractivity (Wildman–Crippen MR) is 82.8 cm³/mol. The summed E-state index contributed by atoms with van der Waals surface area (Å²) < 4.78 is 17.8. The highest BCUT2D eigenvalue weighted by Gasteiger charge is 2.21. The molecule has 0 saturated heterocycles. The Balaban J connectivity index is 2.00. The molecule has 2 N–H and O–H groups in total. The molecule has 0 radical (unpaired) electrons. The number of rotatable bonds is 4. The molecule has 2 aromatic rings. The van der Waals surface area contributed by atoms with Gasteiger partial charge in [-0.3, -0.25) is 4.79 Å². The van der Waals surface area contributed by atoms with Crippen molar-refractivity contribution >= 4 is 17.6 Å². The third-order valence-corrected chi connectivity index (χ3v) is 3.14. The molecule has 0 aliphatic heterocycles. The normalized spacial score (nSPS) is 11.6. The number of nitrogens with one attached hydrogen (secondary N) is 1. The van der Waals surface area contributed by atoms with E-state index < -0.39 is 23.8 Å². The van der Waals surface area contributed by atoms with E-state index in [4.69, 9.17) is 4.74 Å². The van der Waals surface area contributed by atoms with Gasteiger partial charge in [-0.1, -0.05) is 6.07 Å². The molecule has 2 rings (SSSR count). The third kappa shape index (κ3) is 4.29. The SMILES string of the molecule is Cc1ccc(C(=O)O[C@H](C)C(=O)Nc2ccc(F)cc2)c(O)c1. The second kappa shape index (κ2) is 6.91. The minimum absolute atomic E-state index is 0.0166. The van der Waals surface area contributed by atoms with E-state index in [2.05, 4.69) is 5.32 Å². The van der Waals surface area contributed by atoms with Gasteiger partial charge in [-0.05, 0) is 55.8 Å². The minimum atomic E-state index is -1.08. The lowest BCUT2D eigenvalue weighted by Crippen LogP contribution is -2.30. The van der Waals surface area contributed by atoms with Gasteiger partial charge in [0.05, 0.1) is 0 Å². The molecular formula is C17H16FNO4. The van der Waals surface area contributed by atoms with Gasteiger partial charge >= 0.3 is 5.97 Å². The highest BCUT2D eigenvalue weighted by Crippen LogP contribution is 2.20. The first-order valence-corrected chi connectivity index (χ1v) is 6.94. The van der Waals surface area contributed by atoms with Gasteiger partial charge in [0.25, 0.3) is 5.91 Å². The number of halogens is 1. The van der Waals surface area contributed by atoms with E-state index in [1.165, 1.54) is 43.3 Å². The van der Waals surface area contributed by atoms with Crippen LogP contribution >= 0.6 is 0 Å². The Morgan fingerprint density at radius 3 is 2.43 bits per heavy atom. The third-order valence-electron chi connectivity index (χ3n) is 3.14. The maximum atomic E-state index is 12.8. The summed E-state index contributed by atoms with van der Waals surface area (Å²) in [5.74, 6) is -1.99. The molecular weight excluding hydrogens is 301 g/mol. The Bertz CT molecular complexity index is 728. The standard InChI is InChI=1S/C17H16FNO4/c1-10-3-8-14(15(20)9-10)17(22)23-11(2)16(21)19-13-6-4-12(18)5-7-13/h3-9,11,20H,1-2H3,(H,19,21)/t11-/m1/s1. The molecule has 0 aliphatic rings. The summed E-state index contributed by atoms with van der Waals surface area (Å²) in [5, 5.41) is 12.2. The number of aromatic hydroxyl groups is 1. The number of anilines is 1. The van der Waals surface area contributed by atoms with Crippen LogP contribution in [0.2, 0.25) is 0 Å². The molecule has 1 amide bonds. The number of carbonyl (C=O) groups excluding carboxylic acids is 2. The van der Waals surface area contributed by atoms with Gasteiger partial charge in [0.1, 0.15) is 17.1 Å². The Morgan fingerprint density at radius 2 is 1.83 bits per heavy atom. The molecule has 0 saturated carbocycles. The molecule has 0 aliphatic carbocycles. The number of aryl methyl sites for hydroxylation is 1. The molecule has 120 valence electrons. The molecule has 0 spiro atoms. The lowest BCUT2D eigenvalue weighted by molar-refractivity contribution is -0.123. The van der Waals surface area contributed by atoms with Crippen molar-refractivity contribution in [2.45, 2.75) is 20.0 Å². The number of phenolic OH excluding ortho intramolecular Hbond substituents is 1. The largest absolute Gasteiger partial charge is 0.507 e. The molecule has 0 heterocycles. The van der Waals surface area contributed by atoms with Gasteiger partial charge in [-0.2, -0.15) is 0 Å². The highest BCUT2D eigenvalue weighted by atomic mass is 19.1. The number of ether oxygens (including phenoxy) is 1. The van der Waals surface area contributed by atoms with Gasteiger partial charge in [-0.15, -0.1) is 0 Å². The Labute approximate surface area is 132 Å². The van der Waals surface area contributed by atoms with Crippen molar-refractivity contribution in [1.82, 2.24) is 0 Å². The number of carbonyl (C=O) groups is 2. The number of amides is 1. The first kappa shape index (κ1) is 16.5. The lowest BCUT2D eigenvalue weighted by Gasteiger charge is -2.14. The first-order chi connectivity index (χ1) is 10.9. The summed E-state index contributed by atoms with van der Waals surface area (Å²) in [4.78, 5) is 23.9. The number of benzene rings is 2. The van der Waals surface area contributed by atoms with Crippen molar-refractivity contribution in [1.29, 1.82) is 0 Å². The zero-order valence-corrected chi connectivity index (χ0v) is 12.7. The van der Waals surface area contributed by atoms with Crippen LogP contribution in [0.1, 0.15) is 22.8 Å². The second-order valence-electron chi connectivity index (χ2n) is 5.06. The van der Waals surface area contributed by atoms with Gasteiger partial charge in [0.2, 0.25) is 0 Å². The van der Waals surface area contributed by atoms with E-state index in [1.54, 1.807) is 13.0 Å². The van der Waals surface area contributed by atoms with Crippen LogP contribution in [0, 0.1) is 12.7 Å². The van der Waals surface area contributed by atoms with E-state index in [-0.39, 0.29) is 11.3 Å². The van der Waals surface area contributed by atoms with Crippen LogP contribution in [-0.2, 0) is 9.53 Å². The molecule has 23 heavy (non-hydrogen) atoms. The van der Waals surface area contributed by atoms with Crippen molar-refractivity contribution < 1.29 is 23.8 Å². The molecule has 0 unspecified atom stereocenters. The number of esters is 1. The van der Waals surface area contributed by atoms with Crippen molar-refractivity contribution in [3.05, 3.63) is 59.4 Å². The summed E-state index contributed by atoms with van der Waals surface area (Å²) in [6, 6.07) is 9.71. The lowest BCUT2D eigenvalue weighted by atomic mass is 10.1. The maximum absolute atomic E-state index is 12.8. The molecule has 2 aromatic carbocycles. The summed E-state index contributed by atoms with van der Waals surface area (Å²) in [6.07, 6.45) is -1.08. The fourth-order valence-electron chi connectivity index (χ4n) is 1.87. The van der Waals surface area contributed by atoms with Gasteiger partial charge in [0, 0.05) is 5.69 Å². The number of hydrogen-bond donors (Lipinski definition) is 2. The predicted octanol–water partition coefficient (Wildman–Crippen LogP) is 3.02. The van der Waals surface area contributed by atoms with Crippen LogP contribution in [0.3, 0.4) is 0 Å². The van der Waals surface area contributed by atoms with Crippen LogP contribution in [0.15, 0.2) is 42.5 Å². The van der Waals surface area contributed by atoms with Crippen molar-refractivity contribution in [2.24, 2.45) is 0 Å². The van der Waals surface area contributed by atoms with E-state index in [1.807, 2.05) is 0 Å². The molecule has 0 bridgehead atoms. The number of hydrogen-bond acceptors (Lipinski definition) is 4. The highest BCUT2D eigenvalue weighted by molar-refractivity contribution is 5.98. The van der Waals surface area contributed by atoms with E-state index in [9.17, 15) is 19.1 Å². The fourth-order valence-corrected chi connectivity index (χ4v) is 1.87. The summed E-state index contributed by atoms with van der Waals surface area (Å²) in [6.45, 7) is 3.18. The molecule has 6 heteroatoms. The van der Waals surface area contributed by atoms with Crippen LogP contribution in [0.5, 0.6) is 5.75 Å². The first-order valence-electron chi connectivity index (χ1n) is 6.94. The van der Waals surface area contributed by atoms with Gasteiger partial charge in [0.15, 0.2) is 6.10 Å².